The Labute approximate surface area is 433 Å². The molecule has 4 aromatic carbocycles. The Morgan fingerprint density at radius 2 is 0.737 bits per heavy atom. The van der Waals surface area contributed by atoms with Crippen molar-refractivity contribution in [3.8, 4) is 68.5 Å². The highest BCUT2D eigenvalue weighted by molar-refractivity contribution is 6.15. The fourth-order valence-electron chi connectivity index (χ4n) is 11.0. The average molecular weight is 1030 g/mol. The first-order chi connectivity index (χ1) is 37.2. The van der Waals surface area contributed by atoms with Crippen LogP contribution < -0.4 is 18.9 Å². The van der Waals surface area contributed by atoms with Gasteiger partial charge in [0.15, 0.2) is 23.3 Å². The lowest BCUT2D eigenvalue weighted by Crippen LogP contribution is -2.07. The largest absolute Gasteiger partial charge is 0.492 e. The maximum atomic E-state index is 12.5. The fraction of sp³-hybridized carbons (Fsp3) is 0.357. The van der Waals surface area contributed by atoms with Gasteiger partial charge in [0, 0.05) is 68.8 Å². The molecule has 20 nitrogen and oxygen atoms in total. The van der Waals surface area contributed by atoms with Gasteiger partial charge >= 0.3 is 0 Å². The molecule has 7 aromatic rings. The Morgan fingerprint density at radius 3 is 1.01 bits per heavy atom. The average Bonchev–Trinajstić information content (AvgIpc) is 4.41. The van der Waals surface area contributed by atoms with Crippen molar-refractivity contribution in [3.63, 3.8) is 0 Å². The summed E-state index contributed by atoms with van der Waals surface area (Å²) in [6, 6.07) is 9.01. The molecule has 3 aromatic heterocycles. The van der Waals surface area contributed by atoms with Gasteiger partial charge in [0.2, 0.25) is 0 Å². The molecule has 6 aliphatic rings. The number of aromatic nitrogens is 8. The van der Waals surface area contributed by atoms with Crippen LogP contribution in [0.3, 0.4) is 0 Å². The standard InChI is InChI=1S/C56H52N10O10/c1-5-9-21-71-45-37-33-17-19-35(75-33)39(37)47(73-23-11-7-3)43-41(45)53-59-49-29-15-13-27(65(67)68)25-31(29)52(57-49)62-56-44-42(46(72-22-10-6-2)38-34-18-20-36(76-34)40(38)48(44)74-24-12-8-4)54(64-56)60-50-30-16-14-28(66(69)70)26-32(30)51(58-50)61-55(43)63-53/h13-20,25-26,33-36H,5-12,21-24H2,1-4H3,(H2,57,58,59,60,61,62,63,64)/t33-,34-,35+,36+/m0/s1. The monoisotopic (exact) mass is 1020 g/mol. The summed E-state index contributed by atoms with van der Waals surface area (Å²) in [7, 11) is 0. The molecule has 0 saturated carbocycles. The number of nitrogens with one attached hydrogen (secondary N) is 2. The molecule has 13 rings (SSSR count). The number of unbranched alkanes of at least 4 members (excludes halogenated alkanes) is 4. The molecule has 386 valence electrons. The summed E-state index contributed by atoms with van der Waals surface area (Å²) in [6.07, 6.45) is 12.9. The van der Waals surface area contributed by atoms with E-state index in [1.54, 1.807) is 12.1 Å². The predicted molar refractivity (Wildman–Crippen MR) is 282 cm³/mol. The molecule has 4 atom stereocenters. The maximum Gasteiger partial charge on any atom is 0.270 e. The van der Waals surface area contributed by atoms with E-state index in [9.17, 15) is 20.2 Å². The topological polar surface area (TPSA) is 251 Å². The van der Waals surface area contributed by atoms with Crippen molar-refractivity contribution in [2.24, 2.45) is 0 Å². The summed E-state index contributed by atoms with van der Waals surface area (Å²) in [5.74, 6) is 2.81. The van der Waals surface area contributed by atoms with Gasteiger partial charge in [-0.25, -0.2) is 29.9 Å². The predicted octanol–water partition coefficient (Wildman–Crippen LogP) is 12.8. The van der Waals surface area contributed by atoms with Gasteiger partial charge in [0.05, 0.1) is 57.8 Å². The molecule has 2 N–H and O–H groups in total. The van der Waals surface area contributed by atoms with Crippen molar-refractivity contribution >= 4 is 55.5 Å². The van der Waals surface area contributed by atoms with Gasteiger partial charge in [0.1, 0.15) is 70.0 Å². The number of aromatic amines is 2. The molecule has 0 unspecified atom stereocenters. The van der Waals surface area contributed by atoms with Gasteiger partial charge in [-0.05, 0) is 37.8 Å². The molecule has 12 bridgehead atoms. The molecule has 0 radical (unpaired) electrons. The molecule has 0 amide bonds. The highest BCUT2D eigenvalue weighted by Gasteiger charge is 2.44. The van der Waals surface area contributed by atoms with Gasteiger partial charge in [-0.1, -0.05) is 77.7 Å². The number of nitro benzene ring substituents is 2. The Morgan fingerprint density at radius 1 is 0.447 bits per heavy atom. The van der Waals surface area contributed by atoms with Crippen LogP contribution in [-0.2, 0) is 9.47 Å². The summed E-state index contributed by atoms with van der Waals surface area (Å²) in [6.45, 7) is 9.89. The van der Waals surface area contributed by atoms with E-state index < -0.39 is 34.3 Å². The molecule has 9 heterocycles. The van der Waals surface area contributed by atoms with Crippen molar-refractivity contribution in [2.75, 3.05) is 26.4 Å². The number of benzene rings is 4. The smallest absolute Gasteiger partial charge is 0.270 e. The minimum Gasteiger partial charge on any atom is -0.492 e. The van der Waals surface area contributed by atoms with Crippen LogP contribution in [0.25, 0.3) is 89.7 Å². The minimum absolute atomic E-state index is 0.136. The Balaban J connectivity index is 1.22. The SMILES string of the molecule is CCCCOc1c2c(c(OCCCC)c3c4nc5nc(nc6[nH]c(nc7nc(nc([nH]4)c13)-c1ccc([N+](=O)[O-])cc1-7)c1c(OCCCC)c3c(c(OCCCC)c61)[C@@H]1C=C[C@H]3O1)-c1ccc([N+](=O)[O-])cc1-5)[C@H]1C=C[C@@H]2O1. The van der Waals surface area contributed by atoms with E-state index in [-0.39, 0.29) is 46.0 Å². The first kappa shape index (κ1) is 47.4. The second-order valence-corrected chi connectivity index (χ2v) is 19.6. The molecule has 0 saturated heterocycles. The molecule has 0 fully saturated rings. The third-order valence-electron chi connectivity index (χ3n) is 14.7. The van der Waals surface area contributed by atoms with Gasteiger partial charge in [-0.2, -0.15) is 0 Å². The first-order valence-corrected chi connectivity index (χ1v) is 26.2. The van der Waals surface area contributed by atoms with Crippen LogP contribution in [0, 0.1) is 20.2 Å². The van der Waals surface area contributed by atoms with E-state index in [1.807, 2.05) is 24.3 Å². The zero-order chi connectivity index (χ0) is 51.9. The molecule has 0 aliphatic carbocycles. The number of fused-ring (bicyclic) bond motifs is 30. The Hall–Kier alpha value is -8.36. The van der Waals surface area contributed by atoms with E-state index >= 15 is 0 Å². The van der Waals surface area contributed by atoms with Gasteiger partial charge in [-0.15, -0.1) is 0 Å². The van der Waals surface area contributed by atoms with Crippen LogP contribution in [0.2, 0.25) is 0 Å². The number of hydrogen-bond donors (Lipinski definition) is 2. The number of hydrogen-bond acceptors (Lipinski definition) is 16. The Kier molecular flexibility index (Phi) is 11.7. The van der Waals surface area contributed by atoms with E-state index in [0.717, 1.165) is 73.6 Å². The van der Waals surface area contributed by atoms with Crippen LogP contribution in [-0.4, -0.2) is 76.1 Å². The third-order valence-corrected chi connectivity index (χ3v) is 14.7. The first-order valence-electron chi connectivity index (χ1n) is 26.2. The number of nitro groups is 2. The van der Waals surface area contributed by atoms with Gasteiger partial charge < -0.3 is 38.4 Å². The highest BCUT2D eigenvalue weighted by Crippen LogP contribution is 2.60. The van der Waals surface area contributed by atoms with Crippen LogP contribution in [0.1, 0.15) is 126 Å². The maximum absolute atomic E-state index is 12.5. The Bertz CT molecular complexity index is 3620. The summed E-state index contributed by atoms with van der Waals surface area (Å²) in [4.78, 5) is 62.7. The van der Waals surface area contributed by atoms with Crippen LogP contribution in [0.15, 0.2) is 60.7 Å². The van der Waals surface area contributed by atoms with Gasteiger partial charge in [0.25, 0.3) is 11.4 Å². The molecule has 6 aliphatic heterocycles. The lowest BCUT2D eigenvalue weighted by atomic mass is 9.91. The highest BCUT2D eigenvalue weighted by atomic mass is 16.6. The van der Waals surface area contributed by atoms with Crippen molar-refractivity contribution < 1.29 is 38.3 Å². The summed E-state index contributed by atoms with van der Waals surface area (Å²) in [5, 5.41) is 27.2. The van der Waals surface area contributed by atoms with Crippen molar-refractivity contribution in [1.29, 1.82) is 0 Å². The minimum atomic E-state index is -0.452. The number of H-pyrrole nitrogens is 2. The third kappa shape index (κ3) is 7.47. The number of rotatable bonds is 18. The van der Waals surface area contributed by atoms with Crippen molar-refractivity contribution in [3.05, 3.63) is 103 Å². The van der Waals surface area contributed by atoms with E-state index in [1.165, 1.54) is 24.3 Å². The molecule has 0 spiro atoms. The van der Waals surface area contributed by atoms with Gasteiger partial charge in [-0.3, -0.25) is 20.2 Å². The lowest BCUT2D eigenvalue weighted by Gasteiger charge is -2.20. The van der Waals surface area contributed by atoms with E-state index in [2.05, 4.69) is 37.7 Å². The van der Waals surface area contributed by atoms with E-state index in [4.69, 9.17) is 58.3 Å². The number of non-ortho nitro benzene ring substituents is 2. The van der Waals surface area contributed by atoms with Crippen molar-refractivity contribution in [1.82, 2.24) is 39.9 Å². The zero-order valence-electron chi connectivity index (χ0n) is 42.2. The van der Waals surface area contributed by atoms with E-state index in [0.29, 0.717) is 105 Å². The number of ether oxygens (including phenoxy) is 6. The molecule has 20 heteroatoms. The lowest BCUT2D eigenvalue weighted by molar-refractivity contribution is -0.385. The second kappa shape index (κ2) is 18.8. The molecular formula is C56H52N10O10. The van der Waals surface area contributed by atoms with Crippen LogP contribution >= 0.6 is 0 Å². The van der Waals surface area contributed by atoms with Crippen LogP contribution in [0.4, 0.5) is 11.4 Å². The number of nitrogens with zero attached hydrogens (tertiary/aromatic N) is 8. The summed E-state index contributed by atoms with van der Waals surface area (Å²) in [5.41, 5.74) is 5.80. The fourth-order valence-corrected chi connectivity index (χ4v) is 11.0. The normalized spacial score (nSPS) is 17.8. The molecular weight excluding hydrogens is 973 g/mol. The molecule has 76 heavy (non-hydrogen) atoms. The van der Waals surface area contributed by atoms with Crippen molar-refractivity contribution in [2.45, 2.75) is 103 Å². The summed E-state index contributed by atoms with van der Waals surface area (Å²) >= 11 is 0. The summed E-state index contributed by atoms with van der Waals surface area (Å²) < 4.78 is 40.4. The second-order valence-electron chi connectivity index (χ2n) is 19.6. The zero-order valence-corrected chi connectivity index (χ0v) is 42.2. The van der Waals surface area contributed by atoms with Crippen LogP contribution in [0.5, 0.6) is 23.0 Å². The quantitative estimate of drug-likeness (QED) is 0.0351.